The minimum atomic E-state index is -0.672. The van der Waals surface area contributed by atoms with Crippen LogP contribution in [-0.4, -0.2) is 41.5 Å². The van der Waals surface area contributed by atoms with Crippen LogP contribution in [0.3, 0.4) is 0 Å². The highest BCUT2D eigenvalue weighted by Gasteiger charge is 2.18. The number of hydrogen-bond acceptors (Lipinski definition) is 3. The highest BCUT2D eigenvalue weighted by atomic mass is 32.2. The van der Waals surface area contributed by atoms with Crippen molar-refractivity contribution in [3.8, 4) is 0 Å². The molecule has 1 rings (SSSR count). The fourth-order valence-corrected chi connectivity index (χ4v) is 2.00. The van der Waals surface area contributed by atoms with Gasteiger partial charge in [-0.15, -0.1) is 0 Å². The molecule has 3 unspecified atom stereocenters. The quantitative estimate of drug-likeness (QED) is 0.727. The highest BCUT2D eigenvalue weighted by molar-refractivity contribution is 7.84. The van der Waals surface area contributed by atoms with E-state index in [2.05, 4.69) is 12.2 Å². The first-order valence-corrected chi connectivity index (χ1v) is 6.56. The molecule has 1 saturated heterocycles. The first kappa shape index (κ1) is 11.1. The van der Waals surface area contributed by atoms with Crippen LogP contribution >= 0.6 is 0 Å². The molecule has 13 heavy (non-hydrogen) atoms. The van der Waals surface area contributed by atoms with E-state index in [0.29, 0.717) is 12.1 Å². The Morgan fingerprint density at radius 1 is 1.62 bits per heavy atom. The molecule has 1 aliphatic heterocycles. The molecule has 1 fully saturated rings. The molecular formula is C9H19NO2S. The van der Waals surface area contributed by atoms with Crippen LogP contribution in [0.15, 0.2) is 0 Å². The van der Waals surface area contributed by atoms with E-state index in [1.807, 2.05) is 0 Å². The second kappa shape index (κ2) is 5.73. The molecule has 1 N–H and O–H groups in total. The minimum Gasteiger partial charge on any atom is -0.378 e. The molecule has 3 nitrogen and oxygen atoms in total. The Morgan fingerprint density at radius 3 is 3.00 bits per heavy atom. The fourth-order valence-electron chi connectivity index (χ4n) is 1.59. The maximum Gasteiger partial charge on any atom is 0.0561 e. The van der Waals surface area contributed by atoms with E-state index in [4.69, 9.17) is 4.74 Å². The lowest BCUT2D eigenvalue weighted by atomic mass is 10.0. The molecule has 0 aromatic rings. The molecule has 1 heterocycles. The number of rotatable bonds is 4. The number of nitrogens with one attached hydrogen (secondary N) is 1. The summed E-state index contributed by atoms with van der Waals surface area (Å²) in [5.74, 6) is 0.756. The van der Waals surface area contributed by atoms with Crippen molar-refractivity contribution in [3.05, 3.63) is 0 Å². The Balaban J connectivity index is 2.10. The van der Waals surface area contributed by atoms with Crippen molar-refractivity contribution < 1.29 is 8.95 Å². The second-order valence-electron chi connectivity index (χ2n) is 3.63. The maximum absolute atomic E-state index is 10.8. The van der Waals surface area contributed by atoms with Gasteiger partial charge in [-0.3, -0.25) is 4.21 Å². The molecule has 0 bridgehead atoms. The van der Waals surface area contributed by atoms with Gasteiger partial charge in [0.2, 0.25) is 0 Å². The van der Waals surface area contributed by atoms with E-state index >= 15 is 0 Å². The zero-order valence-corrected chi connectivity index (χ0v) is 9.23. The van der Waals surface area contributed by atoms with Crippen molar-refractivity contribution in [1.82, 2.24) is 5.32 Å². The molecule has 0 aromatic carbocycles. The van der Waals surface area contributed by atoms with Gasteiger partial charge in [0.1, 0.15) is 0 Å². The lowest BCUT2D eigenvalue weighted by Crippen LogP contribution is -2.39. The Morgan fingerprint density at radius 2 is 2.38 bits per heavy atom. The van der Waals surface area contributed by atoms with Crippen LogP contribution in [0.1, 0.15) is 19.8 Å². The summed E-state index contributed by atoms with van der Waals surface area (Å²) in [5, 5.41) is 3.41. The highest BCUT2D eigenvalue weighted by Crippen LogP contribution is 2.12. The zero-order valence-electron chi connectivity index (χ0n) is 8.41. The average Bonchev–Trinajstić information content (AvgIpc) is 2.03. The molecular weight excluding hydrogens is 186 g/mol. The summed E-state index contributed by atoms with van der Waals surface area (Å²) in [6.45, 7) is 3.82. The molecule has 0 aliphatic carbocycles. The summed E-state index contributed by atoms with van der Waals surface area (Å²) in [4.78, 5) is 0. The molecule has 0 radical (unpaired) electrons. The van der Waals surface area contributed by atoms with Crippen molar-refractivity contribution in [1.29, 1.82) is 0 Å². The van der Waals surface area contributed by atoms with Gasteiger partial charge < -0.3 is 10.1 Å². The van der Waals surface area contributed by atoms with E-state index in [0.717, 1.165) is 31.7 Å². The van der Waals surface area contributed by atoms with E-state index in [1.54, 1.807) is 6.26 Å². The third-order valence-electron chi connectivity index (χ3n) is 2.31. The molecule has 0 spiro atoms. The van der Waals surface area contributed by atoms with Gasteiger partial charge in [0.25, 0.3) is 0 Å². The molecule has 0 amide bonds. The van der Waals surface area contributed by atoms with Crippen LogP contribution in [0, 0.1) is 0 Å². The van der Waals surface area contributed by atoms with Gasteiger partial charge in [0, 0.05) is 42.0 Å². The van der Waals surface area contributed by atoms with E-state index in [9.17, 15) is 4.21 Å². The molecule has 4 heteroatoms. The Bertz CT molecular complexity index is 175. The Hall–Kier alpha value is 0.0700. The third-order valence-corrected chi connectivity index (χ3v) is 3.09. The van der Waals surface area contributed by atoms with Gasteiger partial charge in [0.05, 0.1) is 6.10 Å². The largest absolute Gasteiger partial charge is 0.378 e. The number of ether oxygens (including phenoxy) is 1. The summed E-state index contributed by atoms with van der Waals surface area (Å²) >= 11 is 0. The van der Waals surface area contributed by atoms with Crippen molar-refractivity contribution in [2.24, 2.45) is 0 Å². The van der Waals surface area contributed by atoms with Gasteiger partial charge in [-0.05, 0) is 19.8 Å². The van der Waals surface area contributed by atoms with Gasteiger partial charge in [-0.25, -0.2) is 0 Å². The van der Waals surface area contributed by atoms with Crippen LogP contribution in [0.4, 0.5) is 0 Å². The summed E-state index contributed by atoms with van der Waals surface area (Å²) in [5.41, 5.74) is 0. The van der Waals surface area contributed by atoms with Crippen LogP contribution < -0.4 is 5.32 Å². The average molecular weight is 205 g/mol. The van der Waals surface area contributed by atoms with Gasteiger partial charge >= 0.3 is 0 Å². The minimum absolute atomic E-state index is 0.373. The fraction of sp³-hybridized carbons (Fsp3) is 1.00. The second-order valence-corrected chi connectivity index (χ2v) is 5.19. The van der Waals surface area contributed by atoms with Crippen LogP contribution in [0.2, 0.25) is 0 Å². The monoisotopic (exact) mass is 205 g/mol. The summed E-state index contributed by atoms with van der Waals surface area (Å²) in [7, 11) is -0.672. The maximum atomic E-state index is 10.8. The smallest absolute Gasteiger partial charge is 0.0561 e. The van der Waals surface area contributed by atoms with Crippen LogP contribution in [0.5, 0.6) is 0 Å². The lowest BCUT2D eigenvalue weighted by molar-refractivity contribution is 0.0137. The predicted octanol–water partition coefficient (Wildman–Crippen LogP) is 0.522. The molecule has 3 atom stereocenters. The SMILES string of the molecule is CC1CC(NCCS(C)=O)CCO1. The van der Waals surface area contributed by atoms with E-state index in [1.165, 1.54) is 0 Å². The Labute approximate surface area is 82.7 Å². The van der Waals surface area contributed by atoms with Crippen molar-refractivity contribution in [2.45, 2.75) is 31.9 Å². The van der Waals surface area contributed by atoms with Gasteiger partial charge in [-0.1, -0.05) is 0 Å². The molecule has 0 saturated carbocycles. The molecule has 0 aromatic heterocycles. The number of hydrogen-bond donors (Lipinski definition) is 1. The predicted molar refractivity (Wildman–Crippen MR) is 55.4 cm³/mol. The molecule has 1 aliphatic rings. The van der Waals surface area contributed by atoms with Crippen molar-refractivity contribution in [2.75, 3.05) is 25.2 Å². The molecule has 78 valence electrons. The third kappa shape index (κ3) is 4.74. The zero-order chi connectivity index (χ0) is 9.68. The summed E-state index contributed by atoms with van der Waals surface area (Å²) in [6, 6.07) is 0.562. The first-order valence-electron chi connectivity index (χ1n) is 4.83. The van der Waals surface area contributed by atoms with E-state index < -0.39 is 10.8 Å². The normalized spacial score (nSPS) is 31.5. The van der Waals surface area contributed by atoms with Gasteiger partial charge in [-0.2, -0.15) is 0 Å². The first-order chi connectivity index (χ1) is 6.18. The van der Waals surface area contributed by atoms with Crippen molar-refractivity contribution in [3.63, 3.8) is 0 Å². The van der Waals surface area contributed by atoms with Crippen LogP contribution in [0.25, 0.3) is 0 Å². The van der Waals surface area contributed by atoms with E-state index in [-0.39, 0.29) is 0 Å². The summed E-state index contributed by atoms with van der Waals surface area (Å²) in [6.07, 6.45) is 4.28. The van der Waals surface area contributed by atoms with Crippen molar-refractivity contribution >= 4 is 10.8 Å². The van der Waals surface area contributed by atoms with Crippen LogP contribution in [-0.2, 0) is 15.5 Å². The lowest BCUT2D eigenvalue weighted by Gasteiger charge is -2.27. The topological polar surface area (TPSA) is 38.3 Å². The standard InChI is InChI=1S/C9H19NO2S/c1-8-7-9(3-5-12-8)10-4-6-13(2)11/h8-10H,3-7H2,1-2H3. The van der Waals surface area contributed by atoms with Gasteiger partial charge in [0.15, 0.2) is 0 Å². The summed E-state index contributed by atoms with van der Waals surface area (Å²) < 4.78 is 16.2. The Kier molecular flexibility index (Phi) is 4.91.